The van der Waals surface area contributed by atoms with Crippen molar-refractivity contribution in [3.05, 3.63) is 24.3 Å². The zero-order valence-electron chi connectivity index (χ0n) is 17.3. The normalized spacial score (nSPS) is 15.2. The molecule has 0 aromatic carbocycles. The fourth-order valence-corrected chi connectivity index (χ4v) is 3.81. The Morgan fingerprint density at radius 2 is 1.04 bits per heavy atom. The van der Waals surface area contributed by atoms with Crippen molar-refractivity contribution in [1.29, 1.82) is 0 Å². The lowest BCUT2D eigenvalue weighted by Crippen LogP contribution is -2.52. The van der Waals surface area contributed by atoms with Gasteiger partial charge in [0, 0.05) is 0 Å². The molecule has 0 aromatic rings. The molecule has 0 radical (unpaired) electrons. The van der Waals surface area contributed by atoms with E-state index in [2.05, 4.69) is 0 Å². The molecule has 2 atom stereocenters. The molecule has 0 N–H and O–H groups in total. The number of ether oxygens (including phenoxy) is 2. The summed E-state index contributed by atoms with van der Waals surface area (Å²) in [5.74, 6) is -1.23. The van der Waals surface area contributed by atoms with Crippen LogP contribution in [0, 0.1) is 0 Å². The molecule has 0 heterocycles. The van der Waals surface area contributed by atoms with Crippen LogP contribution >= 0.6 is 0 Å². The van der Waals surface area contributed by atoms with Crippen molar-refractivity contribution in [3.8, 4) is 0 Å². The van der Waals surface area contributed by atoms with E-state index in [9.17, 15) is 9.59 Å². The summed E-state index contributed by atoms with van der Waals surface area (Å²) in [6, 6.07) is 0. The van der Waals surface area contributed by atoms with E-state index < -0.39 is 40.8 Å². The number of rotatable bonds is 11. The highest BCUT2D eigenvalue weighted by Gasteiger charge is 2.42. The van der Waals surface area contributed by atoms with Crippen LogP contribution in [-0.4, -0.2) is 54.0 Å². The van der Waals surface area contributed by atoms with Crippen LogP contribution in [0.1, 0.15) is 13.8 Å². The van der Waals surface area contributed by atoms with Gasteiger partial charge in [-0.1, -0.05) is 24.3 Å². The van der Waals surface area contributed by atoms with Gasteiger partial charge in [0.15, 0.2) is 28.8 Å². The summed E-state index contributed by atoms with van der Waals surface area (Å²) in [5.41, 5.74) is 0. The zero-order valence-corrected chi connectivity index (χ0v) is 19.3. The van der Waals surface area contributed by atoms with Gasteiger partial charge in [-0.15, -0.1) is 0 Å². The molecule has 8 heteroatoms. The van der Waals surface area contributed by atoms with Gasteiger partial charge in [0.05, 0.1) is 0 Å². The predicted molar refractivity (Wildman–Crippen MR) is 108 cm³/mol. The zero-order chi connectivity index (χ0) is 20.4. The largest absolute Gasteiger partial charge is 0.459 e. The van der Waals surface area contributed by atoms with Crippen LogP contribution < -0.4 is 0 Å². The summed E-state index contributed by atoms with van der Waals surface area (Å²) >= 11 is 0. The van der Waals surface area contributed by atoms with Crippen LogP contribution in [0.25, 0.3) is 0 Å². The van der Waals surface area contributed by atoms with Crippen LogP contribution in [-0.2, 0) is 27.9 Å². The average Bonchev–Trinajstić information content (AvgIpc) is 2.49. The highest BCUT2D eigenvalue weighted by atomic mass is 28.4. The number of hydrogen-bond acceptors (Lipinski definition) is 6. The number of allylic oxidation sites excluding steroid dienone is 2. The topological polar surface area (TPSA) is 71.1 Å². The van der Waals surface area contributed by atoms with Gasteiger partial charge < -0.3 is 18.3 Å². The van der Waals surface area contributed by atoms with Gasteiger partial charge in [0.1, 0.15) is 13.2 Å². The maximum atomic E-state index is 12.6. The summed E-state index contributed by atoms with van der Waals surface area (Å²) in [6.07, 6.45) is 4.70. The minimum absolute atomic E-state index is 0.119. The van der Waals surface area contributed by atoms with Gasteiger partial charge in [-0.25, -0.2) is 9.59 Å². The van der Waals surface area contributed by atoms with E-state index in [-0.39, 0.29) is 13.2 Å². The van der Waals surface area contributed by atoms with Crippen molar-refractivity contribution in [2.24, 2.45) is 0 Å². The van der Waals surface area contributed by atoms with Crippen LogP contribution in [0.2, 0.25) is 39.3 Å². The predicted octanol–water partition coefficient (Wildman–Crippen LogP) is 3.67. The number of carbonyl (C=O) groups excluding carboxylic acids is 2. The Bertz CT molecular complexity index is 457. The smallest absolute Gasteiger partial charge is 0.337 e. The molecule has 6 nitrogen and oxygen atoms in total. The third kappa shape index (κ3) is 11.4. The van der Waals surface area contributed by atoms with E-state index in [1.54, 1.807) is 24.3 Å². The molecule has 0 saturated carbocycles. The maximum Gasteiger partial charge on any atom is 0.337 e. The van der Waals surface area contributed by atoms with Crippen molar-refractivity contribution in [3.63, 3.8) is 0 Å². The average molecular weight is 403 g/mol. The maximum absolute atomic E-state index is 12.6. The molecule has 0 amide bonds. The molecule has 0 aliphatic rings. The van der Waals surface area contributed by atoms with E-state index in [1.807, 2.05) is 53.1 Å². The van der Waals surface area contributed by atoms with Crippen LogP contribution in [0.15, 0.2) is 24.3 Å². The Labute approximate surface area is 159 Å². The lowest BCUT2D eigenvalue weighted by atomic mass is 10.2. The minimum atomic E-state index is -2.16. The van der Waals surface area contributed by atoms with Gasteiger partial charge in [-0.3, -0.25) is 0 Å². The quantitative estimate of drug-likeness (QED) is 0.298. The van der Waals surface area contributed by atoms with Crippen LogP contribution in [0.4, 0.5) is 0 Å². The molecule has 0 bridgehead atoms. The van der Waals surface area contributed by atoms with Gasteiger partial charge >= 0.3 is 11.9 Å². The standard InChI is InChI=1S/C18H34O6Si2/c1-9-11-13-21-17(19)15(23-25(3,4)5)16(24-26(6,7)8)18(20)22-14-12-10-2/h9-12,15-16H,13-14H2,1-8H3/b11-9+,12-10+. The summed E-state index contributed by atoms with van der Waals surface area (Å²) in [6.45, 7) is 15.5. The second-order valence-electron chi connectivity index (χ2n) is 7.70. The molecular formula is C18H34O6Si2. The van der Waals surface area contributed by atoms with Crippen LogP contribution in [0.3, 0.4) is 0 Å². The van der Waals surface area contributed by atoms with Crippen LogP contribution in [0.5, 0.6) is 0 Å². The number of esters is 2. The second-order valence-corrected chi connectivity index (χ2v) is 16.6. The summed E-state index contributed by atoms with van der Waals surface area (Å²) in [7, 11) is -4.32. The second kappa shape index (κ2) is 11.5. The van der Waals surface area contributed by atoms with Crippen molar-refractivity contribution in [2.75, 3.05) is 13.2 Å². The minimum Gasteiger partial charge on any atom is -0.459 e. The highest BCUT2D eigenvalue weighted by molar-refractivity contribution is 6.70. The van der Waals surface area contributed by atoms with E-state index in [1.165, 1.54) is 0 Å². The van der Waals surface area contributed by atoms with Gasteiger partial charge in [-0.05, 0) is 53.1 Å². The summed E-state index contributed by atoms with van der Waals surface area (Å²) < 4.78 is 22.5. The van der Waals surface area contributed by atoms with E-state index in [0.717, 1.165) is 0 Å². The van der Waals surface area contributed by atoms with E-state index >= 15 is 0 Å². The van der Waals surface area contributed by atoms with Gasteiger partial charge in [0.25, 0.3) is 0 Å². The van der Waals surface area contributed by atoms with E-state index in [4.69, 9.17) is 18.3 Å². The Morgan fingerprint density at radius 3 is 1.27 bits per heavy atom. The molecule has 0 aliphatic heterocycles. The molecule has 0 saturated heterocycles. The first-order valence-corrected chi connectivity index (χ1v) is 15.6. The molecule has 0 rings (SSSR count). The SMILES string of the molecule is C/C=C/COC(=O)C(O[Si](C)(C)C)C(O[Si](C)(C)C)C(=O)OC/C=C/C. The van der Waals surface area contributed by atoms with Gasteiger partial charge in [-0.2, -0.15) is 0 Å². The van der Waals surface area contributed by atoms with Crippen molar-refractivity contribution in [2.45, 2.75) is 65.3 Å². The number of carbonyl (C=O) groups is 2. The molecule has 2 unspecified atom stereocenters. The third-order valence-corrected chi connectivity index (χ3v) is 4.74. The fourth-order valence-electron chi connectivity index (χ4n) is 1.85. The Kier molecular flexibility index (Phi) is 10.9. The summed E-state index contributed by atoms with van der Waals surface area (Å²) in [4.78, 5) is 25.2. The van der Waals surface area contributed by atoms with Gasteiger partial charge in [0.2, 0.25) is 0 Å². The monoisotopic (exact) mass is 402 g/mol. The fraction of sp³-hybridized carbons (Fsp3) is 0.667. The van der Waals surface area contributed by atoms with Crippen molar-refractivity contribution in [1.82, 2.24) is 0 Å². The molecule has 0 spiro atoms. The lowest BCUT2D eigenvalue weighted by molar-refractivity contribution is -0.168. The molecular weight excluding hydrogens is 368 g/mol. The summed E-state index contributed by atoms with van der Waals surface area (Å²) in [5, 5.41) is 0. The molecule has 150 valence electrons. The first-order chi connectivity index (χ1) is 11.9. The number of hydrogen-bond donors (Lipinski definition) is 0. The lowest BCUT2D eigenvalue weighted by Gasteiger charge is -2.33. The molecule has 0 aliphatic carbocycles. The first kappa shape index (κ1) is 24.8. The Hall–Kier alpha value is -1.23. The Morgan fingerprint density at radius 1 is 0.731 bits per heavy atom. The van der Waals surface area contributed by atoms with Crippen molar-refractivity contribution < 1.29 is 27.9 Å². The van der Waals surface area contributed by atoms with E-state index in [0.29, 0.717) is 0 Å². The first-order valence-electron chi connectivity index (χ1n) is 8.82. The highest BCUT2D eigenvalue weighted by Crippen LogP contribution is 2.19. The molecule has 0 fully saturated rings. The van der Waals surface area contributed by atoms with Crippen molar-refractivity contribution >= 4 is 28.6 Å². The third-order valence-electron chi connectivity index (χ3n) is 2.82. The molecule has 26 heavy (non-hydrogen) atoms. The Balaban J connectivity index is 5.58. The molecule has 0 aromatic heterocycles.